The van der Waals surface area contributed by atoms with Crippen LogP contribution >= 0.6 is 0 Å². The highest BCUT2D eigenvalue weighted by atomic mass is 19.1. The van der Waals surface area contributed by atoms with E-state index in [9.17, 15) is 13.9 Å². The Labute approximate surface area is 80.3 Å². The van der Waals surface area contributed by atoms with Gasteiger partial charge in [-0.15, -0.1) is 0 Å². The maximum absolute atomic E-state index is 13.1. The molecule has 5 N–H and O–H groups in total. The topological polar surface area (TPSA) is 72.3 Å². The zero-order valence-corrected chi connectivity index (χ0v) is 7.45. The molecule has 0 aliphatic carbocycles. The third-order valence-corrected chi connectivity index (χ3v) is 1.98. The zero-order chi connectivity index (χ0) is 10.7. The van der Waals surface area contributed by atoms with Crippen molar-refractivity contribution in [2.24, 2.45) is 11.5 Å². The Morgan fingerprint density at radius 3 is 2.50 bits per heavy atom. The summed E-state index contributed by atoms with van der Waals surface area (Å²) in [4.78, 5) is 0. The highest BCUT2D eigenvalue weighted by molar-refractivity contribution is 5.22. The average molecular weight is 202 g/mol. The molecule has 5 heteroatoms. The van der Waals surface area contributed by atoms with Gasteiger partial charge in [0.25, 0.3) is 0 Å². The van der Waals surface area contributed by atoms with Gasteiger partial charge in [-0.3, -0.25) is 0 Å². The molecule has 0 spiro atoms. The molecule has 1 aromatic carbocycles. The van der Waals surface area contributed by atoms with Gasteiger partial charge in [0.1, 0.15) is 11.6 Å². The second-order valence-corrected chi connectivity index (χ2v) is 2.99. The number of rotatable bonds is 3. The standard InChI is InChI=1S/C9H12F2N2O/c10-5-1-2-6(7(11)3-5)9(13)8(14)4-12/h1-3,8-9,14H,4,12-13H2. The van der Waals surface area contributed by atoms with Crippen molar-refractivity contribution in [1.29, 1.82) is 0 Å². The van der Waals surface area contributed by atoms with E-state index in [0.717, 1.165) is 12.1 Å². The molecule has 0 radical (unpaired) electrons. The fourth-order valence-electron chi connectivity index (χ4n) is 1.13. The molecule has 0 aromatic heterocycles. The minimum absolute atomic E-state index is 0.0596. The number of hydrogen-bond donors (Lipinski definition) is 3. The maximum atomic E-state index is 13.1. The van der Waals surface area contributed by atoms with E-state index in [1.807, 2.05) is 0 Å². The summed E-state index contributed by atoms with van der Waals surface area (Å²) < 4.78 is 25.7. The summed E-state index contributed by atoms with van der Waals surface area (Å²) >= 11 is 0. The number of benzene rings is 1. The summed E-state index contributed by atoms with van der Waals surface area (Å²) in [6.07, 6.45) is -1.03. The SMILES string of the molecule is NCC(O)C(N)c1ccc(F)cc1F. The quantitative estimate of drug-likeness (QED) is 0.659. The molecule has 0 amide bonds. The van der Waals surface area contributed by atoms with Gasteiger partial charge in [0.15, 0.2) is 0 Å². The van der Waals surface area contributed by atoms with Crippen molar-refractivity contribution in [3.8, 4) is 0 Å². The van der Waals surface area contributed by atoms with Crippen LogP contribution in [0.4, 0.5) is 8.78 Å². The molecule has 0 bridgehead atoms. The van der Waals surface area contributed by atoms with Crippen LogP contribution in [0.5, 0.6) is 0 Å². The lowest BCUT2D eigenvalue weighted by Gasteiger charge is -2.17. The van der Waals surface area contributed by atoms with Crippen LogP contribution in [-0.2, 0) is 0 Å². The van der Waals surface area contributed by atoms with Gasteiger partial charge in [0.05, 0.1) is 12.1 Å². The molecule has 1 aromatic rings. The van der Waals surface area contributed by atoms with Crippen molar-refractivity contribution < 1.29 is 13.9 Å². The van der Waals surface area contributed by atoms with Gasteiger partial charge in [-0.25, -0.2) is 8.78 Å². The van der Waals surface area contributed by atoms with E-state index in [4.69, 9.17) is 11.5 Å². The van der Waals surface area contributed by atoms with Gasteiger partial charge in [0.2, 0.25) is 0 Å². The molecule has 0 aliphatic rings. The molecule has 0 fully saturated rings. The van der Waals surface area contributed by atoms with Gasteiger partial charge in [-0.05, 0) is 6.07 Å². The lowest BCUT2D eigenvalue weighted by Crippen LogP contribution is -2.33. The van der Waals surface area contributed by atoms with Crippen molar-refractivity contribution in [1.82, 2.24) is 0 Å². The fourth-order valence-corrected chi connectivity index (χ4v) is 1.13. The Kier molecular flexibility index (Phi) is 3.51. The molecule has 3 nitrogen and oxygen atoms in total. The number of aliphatic hydroxyl groups excluding tert-OH is 1. The fraction of sp³-hybridized carbons (Fsp3) is 0.333. The van der Waals surface area contributed by atoms with Crippen molar-refractivity contribution in [3.05, 3.63) is 35.4 Å². The van der Waals surface area contributed by atoms with E-state index in [1.165, 1.54) is 6.07 Å². The van der Waals surface area contributed by atoms with Crippen molar-refractivity contribution in [3.63, 3.8) is 0 Å². The van der Waals surface area contributed by atoms with Crippen LogP contribution in [0.2, 0.25) is 0 Å². The van der Waals surface area contributed by atoms with Crippen LogP contribution in [0.1, 0.15) is 11.6 Å². The Morgan fingerprint density at radius 1 is 1.36 bits per heavy atom. The van der Waals surface area contributed by atoms with Crippen LogP contribution in [0.15, 0.2) is 18.2 Å². The summed E-state index contributed by atoms with van der Waals surface area (Å²) in [5, 5.41) is 9.26. The molecule has 0 heterocycles. The lowest BCUT2D eigenvalue weighted by atomic mass is 10.0. The summed E-state index contributed by atoms with van der Waals surface area (Å²) in [7, 11) is 0. The minimum atomic E-state index is -1.03. The first-order valence-corrected chi connectivity index (χ1v) is 4.15. The Hall–Kier alpha value is -1.04. The number of hydrogen-bond acceptors (Lipinski definition) is 3. The molecule has 0 saturated carbocycles. The highest BCUT2D eigenvalue weighted by Gasteiger charge is 2.18. The predicted molar refractivity (Wildman–Crippen MR) is 48.3 cm³/mol. The second-order valence-electron chi connectivity index (χ2n) is 2.99. The Balaban J connectivity index is 2.95. The molecule has 0 aliphatic heterocycles. The van der Waals surface area contributed by atoms with Gasteiger partial charge in [-0.1, -0.05) is 6.07 Å². The molecule has 14 heavy (non-hydrogen) atoms. The van der Waals surface area contributed by atoms with Gasteiger partial charge >= 0.3 is 0 Å². The van der Waals surface area contributed by atoms with E-state index in [2.05, 4.69) is 0 Å². The monoisotopic (exact) mass is 202 g/mol. The predicted octanol–water partition coefficient (Wildman–Crippen LogP) is 0.284. The Bertz CT molecular complexity index is 320. The van der Waals surface area contributed by atoms with Crippen LogP contribution in [0.3, 0.4) is 0 Å². The molecule has 1 rings (SSSR count). The molecule has 2 unspecified atom stereocenters. The normalized spacial score (nSPS) is 15.2. The van der Waals surface area contributed by atoms with Crippen LogP contribution in [-0.4, -0.2) is 17.8 Å². The first-order chi connectivity index (χ1) is 6.56. The molecule has 0 saturated heterocycles. The van der Waals surface area contributed by atoms with Gasteiger partial charge in [0, 0.05) is 18.2 Å². The number of halogens is 2. The van der Waals surface area contributed by atoms with Crippen molar-refractivity contribution in [2.75, 3.05) is 6.54 Å². The summed E-state index contributed by atoms with van der Waals surface area (Å²) in [5.41, 5.74) is 10.7. The first-order valence-electron chi connectivity index (χ1n) is 4.15. The molecular weight excluding hydrogens is 190 g/mol. The van der Waals surface area contributed by atoms with Gasteiger partial charge in [-0.2, -0.15) is 0 Å². The van der Waals surface area contributed by atoms with Crippen LogP contribution in [0, 0.1) is 11.6 Å². The van der Waals surface area contributed by atoms with E-state index >= 15 is 0 Å². The van der Waals surface area contributed by atoms with Crippen LogP contribution in [0.25, 0.3) is 0 Å². The van der Waals surface area contributed by atoms with Crippen LogP contribution < -0.4 is 11.5 Å². The highest BCUT2D eigenvalue weighted by Crippen LogP contribution is 2.18. The summed E-state index contributed by atoms with van der Waals surface area (Å²) in [5.74, 6) is -1.45. The molecule has 78 valence electrons. The van der Waals surface area contributed by atoms with Gasteiger partial charge < -0.3 is 16.6 Å². The summed E-state index contributed by atoms with van der Waals surface area (Å²) in [6, 6.07) is 2.08. The third kappa shape index (κ3) is 2.25. The molecule has 2 atom stereocenters. The van der Waals surface area contributed by atoms with E-state index in [-0.39, 0.29) is 12.1 Å². The number of aliphatic hydroxyl groups is 1. The van der Waals surface area contributed by atoms with E-state index in [1.54, 1.807) is 0 Å². The van der Waals surface area contributed by atoms with E-state index in [0.29, 0.717) is 0 Å². The largest absolute Gasteiger partial charge is 0.390 e. The maximum Gasteiger partial charge on any atom is 0.130 e. The Morgan fingerprint density at radius 2 is 2.00 bits per heavy atom. The van der Waals surface area contributed by atoms with Crippen molar-refractivity contribution >= 4 is 0 Å². The minimum Gasteiger partial charge on any atom is -0.390 e. The first kappa shape index (κ1) is 11.0. The summed E-state index contributed by atoms with van der Waals surface area (Å²) in [6.45, 7) is -0.0714. The average Bonchev–Trinajstić information content (AvgIpc) is 2.15. The molecular formula is C9H12F2N2O. The van der Waals surface area contributed by atoms with E-state index < -0.39 is 23.8 Å². The smallest absolute Gasteiger partial charge is 0.130 e. The van der Waals surface area contributed by atoms with Crippen molar-refractivity contribution in [2.45, 2.75) is 12.1 Å². The zero-order valence-electron chi connectivity index (χ0n) is 7.45. The number of nitrogens with two attached hydrogens (primary N) is 2. The second kappa shape index (κ2) is 4.45. The third-order valence-electron chi connectivity index (χ3n) is 1.98. The lowest BCUT2D eigenvalue weighted by molar-refractivity contribution is 0.151.